The highest BCUT2D eigenvalue weighted by atomic mass is 15.2. The van der Waals surface area contributed by atoms with Crippen LogP contribution in [0, 0.1) is 0 Å². The van der Waals surface area contributed by atoms with E-state index in [1.54, 1.807) is 11.1 Å². The number of fused-ring (bicyclic) bond motifs is 3. The third kappa shape index (κ3) is 12.1. The summed E-state index contributed by atoms with van der Waals surface area (Å²) in [5.74, 6) is 0. The topological polar surface area (TPSA) is 6.48 Å². The van der Waals surface area contributed by atoms with Gasteiger partial charge < -0.3 is 9.80 Å². The molecule has 7 aromatic rings. The monoisotopic (exact) mass is 913 g/mol. The Labute approximate surface area is 417 Å². The molecule has 8 rings (SSSR count). The molecule has 7 aromatic carbocycles. The summed E-state index contributed by atoms with van der Waals surface area (Å²) in [5.41, 5.74) is 18.4. The van der Waals surface area contributed by atoms with Gasteiger partial charge in [-0.2, -0.15) is 0 Å². The van der Waals surface area contributed by atoms with Gasteiger partial charge in [0.05, 0.1) is 0 Å². The van der Waals surface area contributed by atoms with E-state index in [9.17, 15) is 0 Å². The van der Waals surface area contributed by atoms with Gasteiger partial charge in [-0.3, -0.25) is 0 Å². The predicted octanol–water partition coefficient (Wildman–Crippen LogP) is 20.7. The van der Waals surface area contributed by atoms with Crippen LogP contribution in [0.2, 0.25) is 0 Å². The Morgan fingerprint density at radius 2 is 0.681 bits per heavy atom. The fourth-order valence-electron chi connectivity index (χ4n) is 11.1. The number of unbranched alkanes of at least 4 members (excludes halogenated alkanes) is 12. The van der Waals surface area contributed by atoms with Crippen molar-refractivity contribution in [1.82, 2.24) is 0 Å². The number of rotatable bonds is 27. The van der Waals surface area contributed by atoms with Gasteiger partial charge >= 0.3 is 0 Å². The summed E-state index contributed by atoms with van der Waals surface area (Å²) in [6, 6.07) is 64.7. The van der Waals surface area contributed by atoms with Gasteiger partial charge in [-0.1, -0.05) is 209 Å². The first kappa shape index (κ1) is 49.6. The molecule has 0 aromatic heterocycles. The molecule has 0 unspecified atom stereocenters. The number of benzene rings is 7. The molecule has 2 nitrogen and oxygen atoms in total. The van der Waals surface area contributed by atoms with Gasteiger partial charge in [-0.15, -0.1) is 0 Å². The predicted molar refractivity (Wildman–Crippen MR) is 301 cm³/mol. The van der Waals surface area contributed by atoms with Crippen molar-refractivity contribution in [3.8, 4) is 22.3 Å². The molecule has 0 amide bonds. The molecule has 69 heavy (non-hydrogen) atoms. The van der Waals surface area contributed by atoms with Gasteiger partial charge in [0.25, 0.3) is 0 Å². The molecule has 0 fully saturated rings. The van der Waals surface area contributed by atoms with Crippen LogP contribution in [0.25, 0.3) is 22.3 Å². The van der Waals surface area contributed by atoms with Crippen LogP contribution < -0.4 is 9.80 Å². The van der Waals surface area contributed by atoms with E-state index in [2.05, 4.69) is 207 Å². The van der Waals surface area contributed by atoms with Crippen LogP contribution in [0.15, 0.2) is 170 Å². The average molecular weight is 913 g/mol. The van der Waals surface area contributed by atoms with Gasteiger partial charge in [0.1, 0.15) is 0 Å². The number of nitrogens with zero attached hydrogens (tertiary/aromatic N) is 2. The standard InChI is InChI=1S/C67H80N2/c1-5-9-13-15-17-24-50-67(51-25-18-16-14-10-6-2)65-31-23-22-30-63(65)64-49-38-56(52-66(64)67)55-36-43-60(44-37-55)69(59-41-34-54(35-42-59)27-12-8-4)62-47-45-61(46-48-62)68(57-28-20-19-21-29-57)58-39-32-53(33-40-58)26-11-7-3/h19-23,28-49,52H,5-18,24-27,50-51H2,1-4H3. The van der Waals surface area contributed by atoms with Crippen LogP contribution in [0.5, 0.6) is 0 Å². The Morgan fingerprint density at radius 1 is 0.304 bits per heavy atom. The molecule has 2 heteroatoms. The highest BCUT2D eigenvalue weighted by molar-refractivity contribution is 5.85. The minimum atomic E-state index is 0.0673. The first-order chi connectivity index (χ1) is 34.1. The van der Waals surface area contributed by atoms with E-state index >= 15 is 0 Å². The van der Waals surface area contributed by atoms with Crippen LogP contribution >= 0.6 is 0 Å². The van der Waals surface area contributed by atoms with E-state index in [0.717, 1.165) is 35.6 Å². The highest BCUT2D eigenvalue weighted by Gasteiger charge is 2.42. The lowest BCUT2D eigenvalue weighted by Gasteiger charge is -2.33. The third-order valence-electron chi connectivity index (χ3n) is 15.0. The summed E-state index contributed by atoms with van der Waals surface area (Å²) < 4.78 is 0. The summed E-state index contributed by atoms with van der Waals surface area (Å²) >= 11 is 0. The zero-order chi connectivity index (χ0) is 47.7. The van der Waals surface area contributed by atoms with Gasteiger partial charge in [0.15, 0.2) is 0 Å². The van der Waals surface area contributed by atoms with Crippen molar-refractivity contribution in [2.75, 3.05) is 9.80 Å². The molecule has 1 aliphatic rings. The van der Waals surface area contributed by atoms with Crippen LogP contribution in [0.1, 0.15) is 166 Å². The van der Waals surface area contributed by atoms with Gasteiger partial charge in [0, 0.05) is 39.5 Å². The maximum atomic E-state index is 2.60. The minimum Gasteiger partial charge on any atom is -0.311 e. The van der Waals surface area contributed by atoms with Crippen molar-refractivity contribution in [1.29, 1.82) is 0 Å². The summed E-state index contributed by atoms with van der Waals surface area (Å²) in [4.78, 5) is 4.80. The summed E-state index contributed by atoms with van der Waals surface area (Å²) in [6.45, 7) is 9.18. The molecule has 1 aliphatic carbocycles. The van der Waals surface area contributed by atoms with Crippen LogP contribution in [-0.4, -0.2) is 0 Å². The molecule has 0 saturated carbocycles. The Kier molecular flexibility index (Phi) is 18.1. The lowest BCUT2D eigenvalue weighted by molar-refractivity contribution is 0.398. The smallest absolute Gasteiger partial charge is 0.0463 e. The molecular weight excluding hydrogens is 833 g/mol. The number of anilines is 6. The first-order valence-corrected chi connectivity index (χ1v) is 27.3. The minimum absolute atomic E-state index is 0.0673. The highest BCUT2D eigenvalue weighted by Crippen LogP contribution is 2.55. The summed E-state index contributed by atoms with van der Waals surface area (Å²) in [6.07, 6.45) is 25.5. The van der Waals surface area contributed by atoms with Crippen molar-refractivity contribution < 1.29 is 0 Å². The van der Waals surface area contributed by atoms with Crippen LogP contribution in [-0.2, 0) is 18.3 Å². The van der Waals surface area contributed by atoms with Crippen molar-refractivity contribution in [3.63, 3.8) is 0 Å². The molecule has 0 saturated heterocycles. The van der Waals surface area contributed by atoms with Gasteiger partial charge in [-0.25, -0.2) is 0 Å². The van der Waals surface area contributed by atoms with Crippen molar-refractivity contribution >= 4 is 34.1 Å². The van der Waals surface area contributed by atoms with E-state index < -0.39 is 0 Å². The number of hydrogen-bond acceptors (Lipinski definition) is 2. The number of aryl methyl sites for hydroxylation is 2. The van der Waals surface area contributed by atoms with Gasteiger partial charge in [0.2, 0.25) is 0 Å². The largest absolute Gasteiger partial charge is 0.311 e. The van der Waals surface area contributed by atoms with E-state index in [4.69, 9.17) is 0 Å². The van der Waals surface area contributed by atoms with E-state index in [1.165, 1.54) is 160 Å². The quantitative estimate of drug-likeness (QED) is 0.0474. The lowest BCUT2D eigenvalue weighted by Crippen LogP contribution is -2.25. The Hall–Kier alpha value is -5.86. The fourth-order valence-corrected chi connectivity index (χ4v) is 11.1. The maximum Gasteiger partial charge on any atom is 0.0463 e. The lowest BCUT2D eigenvalue weighted by atomic mass is 9.70. The molecule has 0 bridgehead atoms. The molecule has 358 valence electrons. The molecular formula is C67H80N2. The molecule has 0 N–H and O–H groups in total. The fraction of sp³-hybridized carbons (Fsp3) is 0.373. The van der Waals surface area contributed by atoms with Crippen LogP contribution in [0.3, 0.4) is 0 Å². The SMILES string of the molecule is CCCCCCCCC1(CCCCCCCC)c2ccccc2-c2ccc(-c3ccc(N(c4ccc(CCCC)cc4)c4ccc(N(c5ccccc5)c5ccc(CCCC)cc5)cc4)cc3)cc21. The Morgan fingerprint density at radius 3 is 1.17 bits per heavy atom. The zero-order valence-electron chi connectivity index (χ0n) is 42.7. The third-order valence-corrected chi connectivity index (χ3v) is 15.0. The summed E-state index contributed by atoms with van der Waals surface area (Å²) in [5, 5.41) is 0. The van der Waals surface area contributed by atoms with E-state index in [-0.39, 0.29) is 5.41 Å². The molecule has 0 atom stereocenters. The maximum absolute atomic E-state index is 2.60. The average Bonchev–Trinajstić information content (AvgIpc) is 3.67. The first-order valence-electron chi connectivity index (χ1n) is 27.3. The number of hydrogen-bond donors (Lipinski definition) is 0. The van der Waals surface area contributed by atoms with E-state index in [1.807, 2.05) is 0 Å². The van der Waals surface area contributed by atoms with Crippen LogP contribution in [0.4, 0.5) is 34.1 Å². The Balaban J connectivity index is 1.12. The molecule has 0 spiro atoms. The molecule has 0 heterocycles. The number of para-hydroxylation sites is 1. The van der Waals surface area contributed by atoms with Crippen molar-refractivity contribution in [2.45, 2.75) is 162 Å². The summed E-state index contributed by atoms with van der Waals surface area (Å²) in [7, 11) is 0. The zero-order valence-corrected chi connectivity index (χ0v) is 42.7. The van der Waals surface area contributed by atoms with Crippen molar-refractivity contribution in [3.05, 3.63) is 192 Å². The second kappa shape index (κ2) is 25.1. The second-order valence-electron chi connectivity index (χ2n) is 20.0. The van der Waals surface area contributed by atoms with E-state index in [0.29, 0.717) is 0 Å². The van der Waals surface area contributed by atoms with Crippen molar-refractivity contribution in [2.24, 2.45) is 0 Å². The van der Waals surface area contributed by atoms with Gasteiger partial charge in [-0.05, 0) is 162 Å². The Bertz CT molecular complexity index is 2570. The normalized spacial score (nSPS) is 12.5. The molecule has 0 aliphatic heterocycles. The molecule has 0 radical (unpaired) electrons. The second-order valence-corrected chi connectivity index (χ2v) is 20.0.